The first-order valence-corrected chi connectivity index (χ1v) is 9.49. The number of methoxy groups -OCH3 is 1. The topological polar surface area (TPSA) is 61.9 Å². The van der Waals surface area contributed by atoms with Crippen molar-refractivity contribution in [2.75, 3.05) is 33.3 Å². The highest BCUT2D eigenvalue weighted by molar-refractivity contribution is 5.97. The Morgan fingerprint density at radius 1 is 1.04 bits per heavy atom. The lowest BCUT2D eigenvalue weighted by atomic mass is 10.0. The molecule has 1 aliphatic heterocycles. The van der Waals surface area contributed by atoms with Gasteiger partial charge in [0.2, 0.25) is 0 Å². The molecule has 0 radical (unpaired) electrons. The van der Waals surface area contributed by atoms with Gasteiger partial charge in [-0.1, -0.05) is 18.9 Å². The Labute approximate surface area is 155 Å². The Balaban J connectivity index is 1.61. The number of urea groups is 1. The van der Waals surface area contributed by atoms with Gasteiger partial charge in [0.05, 0.1) is 12.7 Å². The largest absolute Gasteiger partial charge is 0.496 e. The van der Waals surface area contributed by atoms with E-state index in [1.165, 1.54) is 12.8 Å². The summed E-state index contributed by atoms with van der Waals surface area (Å²) in [6.07, 6.45) is 4.56. The van der Waals surface area contributed by atoms with E-state index in [1.54, 1.807) is 7.11 Å². The van der Waals surface area contributed by atoms with E-state index >= 15 is 0 Å². The first kappa shape index (κ1) is 18.5. The smallest absolute Gasteiger partial charge is 0.317 e. The molecule has 1 saturated carbocycles. The molecule has 1 aromatic rings. The van der Waals surface area contributed by atoms with E-state index < -0.39 is 0 Å². The number of piperazine rings is 1. The Morgan fingerprint density at radius 2 is 1.65 bits per heavy atom. The van der Waals surface area contributed by atoms with Crippen molar-refractivity contribution in [3.8, 4) is 5.75 Å². The van der Waals surface area contributed by atoms with Gasteiger partial charge >= 0.3 is 6.03 Å². The van der Waals surface area contributed by atoms with Crippen LogP contribution < -0.4 is 10.1 Å². The molecule has 6 nitrogen and oxygen atoms in total. The van der Waals surface area contributed by atoms with E-state index in [0.717, 1.165) is 24.0 Å². The minimum Gasteiger partial charge on any atom is -0.496 e. The summed E-state index contributed by atoms with van der Waals surface area (Å²) in [6, 6.07) is 4.23. The molecule has 2 aliphatic rings. The Kier molecular flexibility index (Phi) is 5.69. The SMILES string of the molecule is COc1c(C)cc(C)cc1C(=O)N1CCN(C(=O)NC2CCCC2)CC1. The van der Waals surface area contributed by atoms with Gasteiger partial charge in [-0.25, -0.2) is 4.79 Å². The van der Waals surface area contributed by atoms with Gasteiger partial charge < -0.3 is 19.9 Å². The molecule has 26 heavy (non-hydrogen) atoms. The number of hydrogen-bond acceptors (Lipinski definition) is 3. The molecule has 6 heteroatoms. The third kappa shape index (κ3) is 3.94. The maximum Gasteiger partial charge on any atom is 0.317 e. The first-order valence-electron chi connectivity index (χ1n) is 9.49. The number of ether oxygens (including phenoxy) is 1. The van der Waals surface area contributed by atoms with Crippen LogP contribution in [0.4, 0.5) is 4.79 Å². The summed E-state index contributed by atoms with van der Waals surface area (Å²) in [6.45, 7) is 6.16. The number of hydrogen-bond donors (Lipinski definition) is 1. The fraction of sp³-hybridized carbons (Fsp3) is 0.600. The lowest BCUT2D eigenvalue weighted by Gasteiger charge is -2.35. The number of aryl methyl sites for hydroxylation is 2. The van der Waals surface area contributed by atoms with Crippen molar-refractivity contribution in [1.82, 2.24) is 15.1 Å². The fourth-order valence-electron chi connectivity index (χ4n) is 4.00. The van der Waals surface area contributed by atoms with Crippen LogP contribution in [0.1, 0.15) is 47.2 Å². The molecule has 0 unspecified atom stereocenters. The van der Waals surface area contributed by atoms with Crippen LogP contribution in [0.5, 0.6) is 5.75 Å². The minimum atomic E-state index is -0.0236. The Bertz CT molecular complexity index is 675. The summed E-state index contributed by atoms with van der Waals surface area (Å²) in [7, 11) is 1.60. The molecule has 3 amide bonds. The highest BCUT2D eigenvalue weighted by Crippen LogP contribution is 2.27. The second kappa shape index (κ2) is 7.98. The van der Waals surface area contributed by atoms with E-state index in [2.05, 4.69) is 5.32 Å². The van der Waals surface area contributed by atoms with E-state index in [-0.39, 0.29) is 11.9 Å². The first-order chi connectivity index (χ1) is 12.5. The lowest BCUT2D eigenvalue weighted by molar-refractivity contribution is 0.0660. The van der Waals surface area contributed by atoms with Gasteiger partial charge in [-0.05, 0) is 43.9 Å². The number of carbonyl (C=O) groups is 2. The third-order valence-electron chi connectivity index (χ3n) is 5.39. The van der Waals surface area contributed by atoms with Gasteiger partial charge in [0.1, 0.15) is 5.75 Å². The number of amides is 3. The zero-order valence-corrected chi connectivity index (χ0v) is 16.0. The standard InChI is InChI=1S/C20H29N3O3/c1-14-12-15(2)18(26-3)17(13-14)19(24)22-8-10-23(11-9-22)20(25)21-16-6-4-5-7-16/h12-13,16H,4-11H2,1-3H3,(H,21,25). The maximum absolute atomic E-state index is 13.0. The average Bonchev–Trinajstić information content (AvgIpc) is 3.13. The van der Waals surface area contributed by atoms with Crippen LogP contribution in [0.3, 0.4) is 0 Å². The van der Waals surface area contributed by atoms with E-state index in [0.29, 0.717) is 43.5 Å². The van der Waals surface area contributed by atoms with Gasteiger partial charge in [0.25, 0.3) is 5.91 Å². The molecule has 142 valence electrons. The highest BCUT2D eigenvalue weighted by atomic mass is 16.5. The van der Waals surface area contributed by atoms with Gasteiger partial charge in [0.15, 0.2) is 0 Å². The summed E-state index contributed by atoms with van der Waals surface area (Å²) in [5, 5.41) is 3.12. The Hall–Kier alpha value is -2.24. The fourth-order valence-corrected chi connectivity index (χ4v) is 4.00. The normalized spacial score (nSPS) is 18.1. The number of benzene rings is 1. The molecule has 1 aromatic carbocycles. The van der Waals surface area contributed by atoms with Crippen LogP contribution in [0, 0.1) is 13.8 Å². The average molecular weight is 359 g/mol. The number of rotatable bonds is 3. The van der Waals surface area contributed by atoms with Crippen LogP contribution in [-0.4, -0.2) is 61.1 Å². The van der Waals surface area contributed by atoms with Crippen LogP contribution in [-0.2, 0) is 0 Å². The molecule has 1 N–H and O–H groups in total. The molecule has 0 atom stereocenters. The summed E-state index contributed by atoms with van der Waals surface area (Å²) in [5.74, 6) is 0.617. The van der Waals surface area contributed by atoms with E-state index in [9.17, 15) is 9.59 Å². The molecule has 2 fully saturated rings. The van der Waals surface area contributed by atoms with Crippen molar-refractivity contribution < 1.29 is 14.3 Å². The lowest BCUT2D eigenvalue weighted by Crippen LogP contribution is -2.54. The summed E-state index contributed by atoms with van der Waals surface area (Å²) in [5.41, 5.74) is 2.61. The predicted molar refractivity (Wildman–Crippen MR) is 101 cm³/mol. The summed E-state index contributed by atoms with van der Waals surface area (Å²) >= 11 is 0. The quantitative estimate of drug-likeness (QED) is 0.903. The summed E-state index contributed by atoms with van der Waals surface area (Å²) < 4.78 is 5.45. The van der Waals surface area contributed by atoms with Crippen LogP contribution in [0.25, 0.3) is 0 Å². The van der Waals surface area contributed by atoms with Crippen molar-refractivity contribution in [3.63, 3.8) is 0 Å². The van der Waals surface area contributed by atoms with Gasteiger partial charge in [-0.3, -0.25) is 4.79 Å². The van der Waals surface area contributed by atoms with Crippen molar-refractivity contribution in [1.29, 1.82) is 0 Å². The summed E-state index contributed by atoms with van der Waals surface area (Å²) in [4.78, 5) is 29.0. The number of nitrogens with zero attached hydrogens (tertiary/aromatic N) is 2. The molecule has 3 rings (SSSR count). The molecule has 0 aromatic heterocycles. The number of nitrogens with one attached hydrogen (secondary N) is 1. The zero-order valence-electron chi connectivity index (χ0n) is 16.0. The molecule has 0 bridgehead atoms. The minimum absolute atomic E-state index is 0.00739. The Morgan fingerprint density at radius 3 is 2.27 bits per heavy atom. The maximum atomic E-state index is 13.0. The van der Waals surface area contributed by atoms with Crippen LogP contribution >= 0.6 is 0 Å². The zero-order chi connectivity index (χ0) is 18.7. The van der Waals surface area contributed by atoms with Gasteiger partial charge in [-0.15, -0.1) is 0 Å². The van der Waals surface area contributed by atoms with E-state index in [4.69, 9.17) is 4.74 Å². The number of carbonyl (C=O) groups excluding carboxylic acids is 2. The molecular formula is C20H29N3O3. The second-order valence-corrected chi connectivity index (χ2v) is 7.37. The van der Waals surface area contributed by atoms with Crippen molar-refractivity contribution in [3.05, 3.63) is 28.8 Å². The van der Waals surface area contributed by atoms with Gasteiger partial charge in [0, 0.05) is 32.2 Å². The van der Waals surface area contributed by atoms with Crippen molar-refractivity contribution >= 4 is 11.9 Å². The third-order valence-corrected chi connectivity index (χ3v) is 5.39. The van der Waals surface area contributed by atoms with Crippen molar-refractivity contribution in [2.45, 2.75) is 45.6 Å². The van der Waals surface area contributed by atoms with E-state index in [1.807, 2.05) is 35.8 Å². The monoisotopic (exact) mass is 359 g/mol. The van der Waals surface area contributed by atoms with Gasteiger partial charge in [-0.2, -0.15) is 0 Å². The highest BCUT2D eigenvalue weighted by Gasteiger charge is 2.28. The molecule has 1 aliphatic carbocycles. The van der Waals surface area contributed by atoms with Crippen LogP contribution in [0.15, 0.2) is 12.1 Å². The predicted octanol–water partition coefficient (Wildman–Crippen LogP) is 2.72. The molecular weight excluding hydrogens is 330 g/mol. The van der Waals surface area contributed by atoms with Crippen molar-refractivity contribution in [2.24, 2.45) is 0 Å². The van der Waals surface area contributed by atoms with Crippen LogP contribution in [0.2, 0.25) is 0 Å². The second-order valence-electron chi connectivity index (χ2n) is 7.37. The molecule has 1 saturated heterocycles. The molecule has 0 spiro atoms. The molecule has 1 heterocycles.